The molecule has 0 aliphatic heterocycles. The molecule has 0 unspecified atom stereocenters. The fourth-order valence-electron chi connectivity index (χ4n) is 1.66. The number of nitrogens with zero attached hydrogens (tertiary/aromatic N) is 4. The third kappa shape index (κ3) is 3.07. The number of nitro groups is 2. The number of diazo groups is 1. The molecule has 2 aromatic carbocycles. The second-order valence-corrected chi connectivity index (χ2v) is 3.99. The van der Waals surface area contributed by atoms with E-state index in [1.807, 2.05) is 0 Å². The van der Waals surface area contributed by atoms with Gasteiger partial charge in [0.15, 0.2) is 4.98 Å². The maximum Gasteiger partial charge on any atom is 0.385 e. The van der Waals surface area contributed by atoms with Crippen molar-refractivity contribution in [2.24, 2.45) is 0 Å². The lowest BCUT2D eigenvalue weighted by Crippen LogP contribution is -1.98. The van der Waals surface area contributed by atoms with Gasteiger partial charge in [0.05, 0.1) is 15.9 Å². The Balaban J connectivity index is 2.36. The lowest BCUT2D eigenvalue weighted by atomic mass is 10.2. The molecule has 0 amide bonds. The zero-order chi connectivity index (χ0) is 15.4. The second kappa shape index (κ2) is 5.62. The van der Waals surface area contributed by atoms with E-state index in [9.17, 15) is 20.2 Å². The monoisotopic (exact) mass is 286 g/mol. The van der Waals surface area contributed by atoms with Gasteiger partial charge in [-0.2, -0.15) is 0 Å². The van der Waals surface area contributed by atoms with Gasteiger partial charge in [-0.3, -0.25) is 20.2 Å². The van der Waals surface area contributed by atoms with Crippen molar-refractivity contribution in [1.29, 1.82) is 5.39 Å². The third-order valence-electron chi connectivity index (χ3n) is 2.65. The molecule has 104 valence electrons. The number of non-ortho nitro benzene ring substituents is 1. The lowest BCUT2D eigenvalue weighted by molar-refractivity contribution is -0.393. The predicted octanol–water partition coefficient (Wildman–Crippen LogP) is 3.73. The van der Waals surface area contributed by atoms with Crippen LogP contribution in [0.3, 0.4) is 0 Å². The molecule has 0 aliphatic carbocycles. The van der Waals surface area contributed by atoms with Gasteiger partial charge < -0.3 is 5.32 Å². The Kier molecular flexibility index (Phi) is 3.71. The van der Waals surface area contributed by atoms with Crippen LogP contribution in [-0.2, 0) is 0 Å². The van der Waals surface area contributed by atoms with E-state index < -0.39 is 15.5 Å². The van der Waals surface area contributed by atoms with Crippen LogP contribution in [-0.4, -0.2) is 9.85 Å². The molecule has 0 fully saturated rings. The topological polar surface area (TPSA) is 126 Å². The number of nitro benzene ring substituents is 2. The highest BCUT2D eigenvalue weighted by Gasteiger charge is 2.19. The largest absolute Gasteiger partial charge is 0.385 e. The summed E-state index contributed by atoms with van der Waals surface area (Å²) in [6, 6.07) is 9.44. The van der Waals surface area contributed by atoms with Gasteiger partial charge in [-0.05, 0) is 18.2 Å². The third-order valence-corrected chi connectivity index (χ3v) is 2.65. The van der Waals surface area contributed by atoms with Gasteiger partial charge in [-0.1, -0.05) is 0 Å². The van der Waals surface area contributed by atoms with Crippen molar-refractivity contribution < 1.29 is 9.85 Å². The normalized spacial score (nSPS) is 9.67. The van der Waals surface area contributed by atoms with Crippen LogP contribution in [0.25, 0.3) is 4.98 Å². The molecule has 2 aromatic rings. The zero-order valence-electron chi connectivity index (χ0n) is 10.5. The minimum absolute atomic E-state index is 0.124. The van der Waals surface area contributed by atoms with Crippen LogP contribution in [0.4, 0.5) is 28.4 Å². The summed E-state index contributed by atoms with van der Waals surface area (Å²) in [5.41, 5.74) is 0.208. The summed E-state index contributed by atoms with van der Waals surface area (Å²) >= 11 is 0. The van der Waals surface area contributed by atoms with Gasteiger partial charge in [0.2, 0.25) is 5.39 Å². The Morgan fingerprint density at radius 2 is 1.67 bits per heavy atom. The van der Waals surface area contributed by atoms with Crippen LogP contribution in [0.2, 0.25) is 0 Å². The fourth-order valence-corrected chi connectivity index (χ4v) is 1.66. The zero-order valence-corrected chi connectivity index (χ0v) is 10.5. The van der Waals surface area contributed by atoms with Gasteiger partial charge in [0.25, 0.3) is 11.4 Å². The smallest absolute Gasteiger partial charge is 0.350 e. The van der Waals surface area contributed by atoms with E-state index in [-0.39, 0.29) is 11.4 Å². The van der Waals surface area contributed by atoms with Crippen molar-refractivity contribution in [3.8, 4) is 0 Å². The van der Waals surface area contributed by atoms with E-state index in [1.54, 1.807) is 12.1 Å². The number of rotatable bonds is 4. The average Bonchev–Trinajstić information content (AvgIpc) is 2.48. The van der Waals surface area contributed by atoms with Crippen LogP contribution in [0, 0.1) is 25.6 Å². The minimum Gasteiger partial charge on any atom is -0.350 e. The molecule has 0 saturated carbocycles. The average molecular weight is 286 g/mol. The summed E-state index contributed by atoms with van der Waals surface area (Å²) in [6.07, 6.45) is 0. The molecular formula is C12H8N5O4+. The van der Waals surface area contributed by atoms with Crippen molar-refractivity contribution >= 4 is 28.4 Å². The molecule has 0 saturated heterocycles. The van der Waals surface area contributed by atoms with E-state index in [1.165, 1.54) is 24.3 Å². The maximum absolute atomic E-state index is 11.0. The molecule has 0 spiro atoms. The van der Waals surface area contributed by atoms with Gasteiger partial charge in [-0.25, -0.2) is 0 Å². The first-order valence-corrected chi connectivity index (χ1v) is 5.66. The van der Waals surface area contributed by atoms with Crippen LogP contribution >= 0.6 is 0 Å². The minimum atomic E-state index is -0.702. The lowest BCUT2D eigenvalue weighted by Gasteiger charge is -2.06. The maximum atomic E-state index is 11.0. The molecule has 21 heavy (non-hydrogen) atoms. The summed E-state index contributed by atoms with van der Waals surface area (Å²) in [5.74, 6) is 0. The first-order valence-electron chi connectivity index (χ1n) is 5.66. The van der Waals surface area contributed by atoms with Crippen molar-refractivity contribution in [2.75, 3.05) is 5.32 Å². The Morgan fingerprint density at radius 3 is 2.19 bits per heavy atom. The summed E-state index contributed by atoms with van der Waals surface area (Å²) in [4.78, 5) is 23.2. The van der Waals surface area contributed by atoms with Gasteiger partial charge in [-0.15, -0.1) is 0 Å². The van der Waals surface area contributed by atoms with E-state index in [4.69, 9.17) is 5.39 Å². The van der Waals surface area contributed by atoms with Crippen molar-refractivity contribution in [1.82, 2.24) is 0 Å². The van der Waals surface area contributed by atoms with E-state index in [0.29, 0.717) is 11.4 Å². The Morgan fingerprint density at radius 1 is 1.00 bits per heavy atom. The first kappa shape index (κ1) is 13.9. The van der Waals surface area contributed by atoms with Crippen molar-refractivity contribution in [3.63, 3.8) is 0 Å². The van der Waals surface area contributed by atoms with E-state index in [0.717, 1.165) is 6.07 Å². The molecule has 0 atom stereocenters. The molecule has 0 bridgehead atoms. The highest BCUT2D eigenvalue weighted by atomic mass is 16.6. The summed E-state index contributed by atoms with van der Waals surface area (Å²) < 4.78 is 0. The number of anilines is 2. The van der Waals surface area contributed by atoms with Crippen molar-refractivity contribution in [3.05, 3.63) is 67.7 Å². The molecular weight excluding hydrogens is 278 g/mol. The molecule has 0 radical (unpaired) electrons. The summed E-state index contributed by atoms with van der Waals surface area (Å²) in [5, 5.41) is 33.0. The molecule has 0 heterocycles. The quantitative estimate of drug-likeness (QED) is 0.518. The number of nitrogens with one attached hydrogen (secondary N) is 1. The highest BCUT2D eigenvalue weighted by Crippen LogP contribution is 2.31. The summed E-state index contributed by atoms with van der Waals surface area (Å²) in [7, 11) is 0. The van der Waals surface area contributed by atoms with Gasteiger partial charge >= 0.3 is 5.69 Å². The van der Waals surface area contributed by atoms with Crippen LogP contribution in [0.5, 0.6) is 0 Å². The number of benzene rings is 2. The first-order chi connectivity index (χ1) is 10.0. The molecule has 2 rings (SSSR count). The van der Waals surface area contributed by atoms with E-state index >= 15 is 0 Å². The van der Waals surface area contributed by atoms with Crippen LogP contribution in [0.1, 0.15) is 0 Å². The Bertz CT molecular complexity index is 751. The molecule has 9 heteroatoms. The molecule has 1 N–H and O–H groups in total. The highest BCUT2D eigenvalue weighted by molar-refractivity contribution is 5.72. The Hall–Kier alpha value is -3.54. The van der Waals surface area contributed by atoms with Gasteiger partial charge in [0.1, 0.15) is 5.69 Å². The van der Waals surface area contributed by atoms with Crippen molar-refractivity contribution in [2.45, 2.75) is 0 Å². The van der Waals surface area contributed by atoms with Crippen LogP contribution < -0.4 is 5.32 Å². The van der Waals surface area contributed by atoms with Gasteiger partial charge in [0, 0.05) is 23.9 Å². The predicted molar refractivity (Wildman–Crippen MR) is 74.2 cm³/mol. The molecule has 9 nitrogen and oxygen atoms in total. The van der Waals surface area contributed by atoms with E-state index in [2.05, 4.69) is 10.3 Å². The Labute approximate surface area is 117 Å². The molecule has 0 aromatic heterocycles. The fraction of sp³-hybridized carbons (Fsp3) is 0. The summed E-state index contributed by atoms with van der Waals surface area (Å²) in [6.45, 7) is 0. The SMILES string of the molecule is N#[N+]c1ccc(Nc2ccc([N+](=O)[O-])cc2[N+](=O)[O-])cc1. The number of hydrogen-bond acceptors (Lipinski definition) is 6. The number of hydrogen-bond donors (Lipinski definition) is 1. The second-order valence-electron chi connectivity index (χ2n) is 3.99. The molecule has 0 aliphatic rings. The van der Waals surface area contributed by atoms with Crippen LogP contribution in [0.15, 0.2) is 42.5 Å². The standard InChI is InChI=1S/C12H8N5O4/c13-15-9-3-1-8(2-4-9)14-11-6-5-10(16(18)19)7-12(11)17(20)21/h1-7,14H/q+1.